The van der Waals surface area contributed by atoms with Crippen molar-refractivity contribution in [1.29, 1.82) is 0 Å². The van der Waals surface area contributed by atoms with E-state index in [0.29, 0.717) is 48.7 Å². The normalized spacial score (nSPS) is 26.5. The Morgan fingerprint density at radius 3 is 2.87 bits per heavy atom. The molecule has 3 aliphatic rings. The Morgan fingerprint density at radius 2 is 2.10 bits per heavy atom. The van der Waals surface area contributed by atoms with Crippen LogP contribution in [-0.4, -0.2) is 80.2 Å². The van der Waals surface area contributed by atoms with Gasteiger partial charge in [-0.1, -0.05) is 11.6 Å². The molecule has 1 amide bonds. The molecule has 3 saturated heterocycles. The highest BCUT2D eigenvalue weighted by Crippen LogP contribution is 2.37. The number of likely N-dealkylation sites (tertiary alicyclic amines) is 1. The first-order chi connectivity index (χ1) is 18.7. The minimum Gasteiger partial charge on any atom is -0.453 e. The third kappa shape index (κ3) is 4.70. The van der Waals surface area contributed by atoms with E-state index in [1.807, 2.05) is 24.5 Å². The Kier molecular flexibility index (Phi) is 6.84. The second-order valence-electron chi connectivity index (χ2n) is 10.9. The lowest BCUT2D eigenvalue weighted by Crippen LogP contribution is -2.47. The maximum atomic E-state index is 15.6. The molecule has 5 atom stereocenters. The van der Waals surface area contributed by atoms with Crippen LogP contribution in [0.25, 0.3) is 22.3 Å². The molecular formula is C27H32ClFN6O4. The van der Waals surface area contributed by atoms with Crippen LogP contribution in [0.3, 0.4) is 0 Å². The summed E-state index contributed by atoms with van der Waals surface area (Å²) in [5, 5.41) is 14.2. The summed E-state index contributed by atoms with van der Waals surface area (Å²) in [4.78, 5) is 27.3. The Labute approximate surface area is 230 Å². The molecule has 0 saturated carbocycles. The molecule has 6 rings (SSSR count). The first kappa shape index (κ1) is 26.2. The summed E-state index contributed by atoms with van der Waals surface area (Å²) >= 11 is 6.52. The largest absolute Gasteiger partial charge is 0.453 e. The Hall–Kier alpha value is -3.02. The zero-order valence-electron chi connectivity index (χ0n) is 22.1. The molecule has 3 aliphatic heterocycles. The minimum absolute atomic E-state index is 0.00435. The number of hydrogen-bond donors (Lipinski definition) is 2. The van der Waals surface area contributed by atoms with Gasteiger partial charge in [0.15, 0.2) is 5.82 Å². The number of aliphatic hydroxyl groups is 1. The van der Waals surface area contributed by atoms with Crippen LogP contribution in [0.4, 0.5) is 15.1 Å². The zero-order chi connectivity index (χ0) is 27.4. The van der Waals surface area contributed by atoms with E-state index in [4.69, 9.17) is 26.1 Å². The van der Waals surface area contributed by atoms with Gasteiger partial charge in [-0.3, -0.25) is 0 Å². The van der Waals surface area contributed by atoms with E-state index in [2.05, 4.69) is 15.3 Å². The highest BCUT2D eigenvalue weighted by molar-refractivity contribution is 6.33. The third-order valence-electron chi connectivity index (χ3n) is 8.06. The maximum absolute atomic E-state index is 15.6. The van der Waals surface area contributed by atoms with Gasteiger partial charge in [-0.25, -0.2) is 24.1 Å². The molecule has 5 heterocycles. The van der Waals surface area contributed by atoms with Crippen molar-refractivity contribution in [3.8, 4) is 11.3 Å². The number of methoxy groups -OCH3 is 1. The van der Waals surface area contributed by atoms with E-state index < -0.39 is 11.9 Å². The molecule has 2 N–H and O–H groups in total. The fourth-order valence-electron chi connectivity index (χ4n) is 6.19. The van der Waals surface area contributed by atoms with Crippen LogP contribution in [0.5, 0.6) is 0 Å². The number of nitrogens with one attached hydrogen (secondary N) is 1. The summed E-state index contributed by atoms with van der Waals surface area (Å²) in [7, 11) is 1.37. The van der Waals surface area contributed by atoms with Gasteiger partial charge in [-0.2, -0.15) is 0 Å². The number of carbonyl (C=O) groups excluding carboxylic acids is 1. The van der Waals surface area contributed by atoms with Crippen LogP contribution >= 0.6 is 11.6 Å². The van der Waals surface area contributed by atoms with Gasteiger partial charge in [0.25, 0.3) is 0 Å². The molecule has 0 radical (unpaired) electrons. The number of halogens is 2. The first-order valence-electron chi connectivity index (χ1n) is 13.4. The Balaban J connectivity index is 1.35. The fraction of sp³-hybridized carbons (Fsp3) is 0.556. The van der Waals surface area contributed by atoms with Gasteiger partial charge in [-0.15, -0.1) is 0 Å². The van der Waals surface area contributed by atoms with Crippen molar-refractivity contribution in [2.24, 2.45) is 0 Å². The number of rotatable bonds is 5. The Morgan fingerprint density at radius 1 is 1.28 bits per heavy atom. The molecular weight excluding hydrogens is 527 g/mol. The summed E-state index contributed by atoms with van der Waals surface area (Å²) in [5.41, 5.74) is 1.78. The van der Waals surface area contributed by atoms with Crippen molar-refractivity contribution in [2.75, 3.05) is 25.5 Å². The number of hydrogen-bond acceptors (Lipinski definition) is 8. The number of carbonyl (C=O) groups is 1. The minimum atomic E-state index is -0.662. The predicted octanol–water partition coefficient (Wildman–Crippen LogP) is 4.52. The molecule has 3 fully saturated rings. The van der Waals surface area contributed by atoms with Crippen LogP contribution < -0.4 is 5.32 Å². The fourth-order valence-corrected chi connectivity index (χ4v) is 6.39. The first-order valence-corrected chi connectivity index (χ1v) is 13.8. The lowest BCUT2D eigenvalue weighted by atomic mass is 10.0. The van der Waals surface area contributed by atoms with Crippen molar-refractivity contribution in [3.63, 3.8) is 0 Å². The number of aromatic nitrogens is 4. The molecule has 0 unspecified atom stereocenters. The molecule has 2 aromatic heterocycles. The second kappa shape index (κ2) is 10.2. The van der Waals surface area contributed by atoms with Gasteiger partial charge < -0.3 is 29.4 Å². The highest BCUT2D eigenvalue weighted by Gasteiger charge is 2.42. The van der Waals surface area contributed by atoms with Crippen LogP contribution in [0.2, 0.25) is 5.02 Å². The van der Waals surface area contributed by atoms with Gasteiger partial charge in [0.05, 0.1) is 47.8 Å². The van der Waals surface area contributed by atoms with Crippen LogP contribution in [-0.2, 0) is 9.47 Å². The van der Waals surface area contributed by atoms with Gasteiger partial charge in [0.2, 0.25) is 5.95 Å². The predicted molar refractivity (Wildman–Crippen MR) is 143 cm³/mol. The molecule has 10 nitrogen and oxygen atoms in total. The Bertz CT molecular complexity index is 1420. The average molecular weight is 559 g/mol. The van der Waals surface area contributed by atoms with Crippen molar-refractivity contribution >= 4 is 34.7 Å². The summed E-state index contributed by atoms with van der Waals surface area (Å²) in [6.07, 6.45) is 3.52. The lowest BCUT2D eigenvalue weighted by Gasteiger charge is -2.33. The number of ether oxygens (including phenoxy) is 2. The number of nitrogens with zero attached hydrogens (tertiary/aromatic N) is 5. The summed E-state index contributed by atoms with van der Waals surface area (Å²) in [6, 6.07) is 2.99. The van der Waals surface area contributed by atoms with Crippen molar-refractivity contribution in [1.82, 2.24) is 24.4 Å². The molecule has 2 bridgehead atoms. The maximum Gasteiger partial charge on any atom is 0.409 e. The second-order valence-corrected chi connectivity index (χ2v) is 11.3. The van der Waals surface area contributed by atoms with Crippen molar-refractivity contribution in [3.05, 3.63) is 35.0 Å². The third-order valence-corrected chi connectivity index (χ3v) is 8.34. The topological polar surface area (TPSA) is 115 Å². The van der Waals surface area contributed by atoms with Gasteiger partial charge in [0.1, 0.15) is 17.4 Å². The molecule has 0 aliphatic carbocycles. The summed E-state index contributed by atoms with van der Waals surface area (Å²) < 4.78 is 28.3. The van der Waals surface area contributed by atoms with E-state index in [1.54, 1.807) is 4.90 Å². The molecule has 0 spiro atoms. The molecule has 1 aromatic carbocycles. The van der Waals surface area contributed by atoms with Crippen molar-refractivity contribution in [2.45, 2.75) is 75.8 Å². The quantitative estimate of drug-likeness (QED) is 0.470. The number of anilines is 1. The number of benzene rings is 1. The number of aliphatic hydroxyl groups excluding tert-OH is 1. The highest BCUT2D eigenvalue weighted by atomic mass is 35.5. The molecule has 39 heavy (non-hydrogen) atoms. The number of fused-ring (bicyclic) bond motifs is 3. The monoisotopic (exact) mass is 558 g/mol. The smallest absolute Gasteiger partial charge is 0.409 e. The molecule has 12 heteroatoms. The SMILES string of the molecule is COC(=O)N1CC[C@@H](c2nc3c(F)cc(-c4nc(N[C@@H]5C[C@@H]6CC[C@@H](O6)[C@H]5O)ncc4Cl)cc3n2C(C)C)C1. The van der Waals surface area contributed by atoms with Gasteiger partial charge in [0, 0.05) is 30.6 Å². The lowest BCUT2D eigenvalue weighted by molar-refractivity contribution is -0.0811. The number of amides is 1. The van der Waals surface area contributed by atoms with Crippen LogP contribution in [0, 0.1) is 5.82 Å². The number of imidazole rings is 1. The summed E-state index contributed by atoms with van der Waals surface area (Å²) in [5.74, 6) is 0.530. The van der Waals surface area contributed by atoms with Gasteiger partial charge in [-0.05, 0) is 51.7 Å². The average Bonchev–Trinajstić information content (AvgIpc) is 3.65. The van der Waals surface area contributed by atoms with E-state index in [0.717, 1.165) is 18.7 Å². The van der Waals surface area contributed by atoms with E-state index in [9.17, 15) is 9.90 Å². The van der Waals surface area contributed by atoms with Crippen LogP contribution in [0.1, 0.15) is 57.3 Å². The molecule has 3 aromatic rings. The van der Waals surface area contributed by atoms with E-state index in [-0.39, 0.29) is 46.8 Å². The van der Waals surface area contributed by atoms with Crippen LogP contribution in [0.15, 0.2) is 18.3 Å². The zero-order valence-corrected chi connectivity index (χ0v) is 22.9. The summed E-state index contributed by atoms with van der Waals surface area (Å²) in [6.45, 7) is 5.06. The van der Waals surface area contributed by atoms with E-state index >= 15 is 4.39 Å². The van der Waals surface area contributed by atoms with Crippen molar-refractivity contribution < 1.29 is 23.8 Å². The molecule has 208 valence electrons. The van der Waals surface area contributed by atoms with E-state index in [1.165, 1.54) is 19.4 Å². The standard InChI is InChI=1S/C27H32ClFN6O4/c1-13(2)35-20-9-15(8-18(29)23(20)32-25(35)14-6-7-34(12-14)27(37)38-3)22-17(28)11-30-26(33-22)31-19-10-16-4-5-21(39-16)24(19)36/h8-9,11,13-14,16,19,21,24,36H,4-7,10,12H2,1-3H3,(H,30,31,33)/t14-,16+,19-,21-,24+/m1/s1. The van der Waals surface area contributed by atoms with Gasteiger partial charge >= 0.3 is 6.09 Å².